The van der Waals surface area contributed by atoms with Crippen LogP contribution in [0, 0.1) is 6.92 Å². The normalized spacial score (nSPS) is 31.5. The Morgan fingerprint density at radius 1 is 0.970 bits per heavy atom. The number of ether oxygens (including phenoxy) is 1. The van der Waals surface area contributed by atoms with E-state index < -0.39 is 16.9 Å². The Balaban J connectivity index is 1.62. The first-order valence-electron chi connectivity index (χ1n) is 11.2. The zero-order valence-corrected chi connectivity index (χ0v) is 18.9. The third kappa shape index (κ3) is 2.14. The van der Waals surface area contributed by atoms with Crippen molar-refractivity contribution in [2.24, 2.45) is 0 Å². The molecule has 4 aliphatic heterocycles. The Bertz CT molecular complexity index is 1260. The molecule has 4 aliphatic rings. The molecule has 0 saturated carbocycles. The zero-order valence-electron chi connectivity index (χ0n) is 18.1. The van der Waals surface area contributed by atoms with E-state index in [0.717, 1.165) is 33.7 Å². The molecule has 0 unspecified atom stereocenters. The number of fused-ring (bicyclic) bond motifs is 7. The average Bonchev–Trinajstić information content (AvgIpc) is 3.54. The molecule has 0 bridgehead atoms. The van der Waals surface area contributed by atoms with E-state index in [-0.39, 0.29) is 17.9 Å². The Morgan fingerprint density at radius 2 is 1.70 bits per heavy atom. The summed E-state index contributed by atoms with van der Waals surface area (Å²) < 4.78 is 5.95. The number of thioether (sulfide) groups is 1. The molecule has 3 aromatic carbocycles. The largest absolute Gasteiger partial charge is 0.425 e. The number of benzene rings is 3. The fourth-order valence-corrected chi connectivity index (χ4v) is 8.09. The molecule has 7 rings (SSSR count). The molecule has 4 heterocycles. The van der Waals surface area contributed by atoms with Gasteiger partial charge in [0.2, 0.25) is 5.91 Å². The summed E-state index contributed by atoms with van der Waals surface area (Å²) in [6, 6.07) is 23.8. The number of amides is 1. The third-order valence-corrected chi connectivity index (χ3v) is 8.96. The fraction of sp³-hybridized carbons (Fsp3) is 0.259. The van der Waals surface area contributed by atoms with Crippen LogP contribution in [0.15, 0.2) is 72.8 Å². The highest BCUT2D eigenvalue weighted by Gasteiger charge is 2.78. The van der Waals surface area contributed by atoms with Gasteiger partial charge >= 0.3 is 5.97 Å². The van der Waals surface area contributed by atoms with Gasteiger partial charge in [0.1, 0.15) is 16.7 Å². The molecule has 2 fully saturated rings. The van der Waals surface area contributed by atoms with Gasteiger partial charge in [0.05, 0.1) is 0 Å². The first kappa shape index (κ1) is 19.4. The SMILES string of the molecule is Cc1ccc([C@H]2[C@]3(C(=O)Oc4ccccc43)[C@@H]3CSCN3[C@@]23C(=O)Nc2ccccc23)cc1. The van der Waals surface area contributed by atoms with E-state index in [1.165, 1.54) is 0 Å². The molecule has 5 nitrogen and oxygen atoms in total. The second kappa shape index (κ2) is 6.49. The highest BCUT2D eigenvalue weighted by atomic mass is 32.2. The van der Waals surface area contributed by atoms with Crippen molar-refractivity contribution >= 4 is 29.3 Å². The molecule has 4 atom stereocenters. The van der Waals surface area contributed by atoms with E-state index in [1.807, 2.05) is 48.5 Å². The number of hydrogen-bond donors (Lipinski definition) is 1. The van der Waals surface area contributed by atoms with Crippen molar-refractivity contribution in [2.75, 3.05) is 16.9 Å². The van der Waals surface area contributed by atoms with Gasteiger partial charge in [-0.15, -0.1) is 11.8 Å². The van der Waals surface area contributed by atoms with Crippen molar-refractivity contribution in [1.29, 1.82) is 0 Å². The van der Waals surface area contributed by atoms with Gasteiger partial charge in [0.15, 0.2) is 0 Å². The molecule has 0 aliphatic carbocycles. The molecule has 33 heavy (non-hydrogen) atoms. The van der Waals surface area contributed by atoms with Crippen LogP contribution < -0.4 is 10.1 Å². The van der Waals surface area contributed by atoms with Crippen LogP contribution in [0.4, 0.5) is 5.69 Å². The second-order valence-electron chi connectivity index (χ2n) is 9.35. The number of nitrogens with one attached hydrogen (secondary N) is 1. The number of carbonyl (C=O) groups excluding carboxylic acids is 2. The summed E-state index contributed by atoms with van der Waals surface area (Å²) in [6.45, 7) is 2.05. The minimum absolute atomic E-state index is 0.0594. The summed E-state index contributed by atoms with van der Waals surface area (Å²) in [7, 11) is 0. The van der Waals surface area contributed by atoms with Gasteiger partial charge in [-0.1, -0.05) is 66.2 Å². The average molecular weight is 455 g/mol. The molecule has 0 radical (unpaired) electrons. The number of carbonyl (C=O) groups is 2. The lowest BCUT2D eigenvalue weighted by Gasteiger charge is -2.39. The van der Waals surface area contributed by atoms with Crippen LogP contribution in [0.3, 0.4) is 0 Å². The monoisotopic (exact) mass is 454 g/mol. The summed E-state index contributed by atoms with van der Waals surface area (Å²) in [5.74, 6) is 1.34. The van der Waals surface area contributed by atoms with Crippen LogP contribution in [0.1, 0.15) is 28.2 Å². The van der Waals surface area contributed by atoms with Crippen LogP contribution in [0.5, 0.6) is 5.75 Å². The van der Waals surface area contributed by atoms with Crippen LogP contribution in [-0.4, -0.2) is 34.4 Å². The van der Waals surface area contributed by atoms with Crippen LogP contribution in [0.2, 0.25) is 0 Å². The van der Waals surface area contributed by atoms with Gasteiger partial charge in [-0.3, -0.25) is 14.5 Å². The minimum atomic E-state index is -0.990. The lowest BCUT2D eigenvalue weighted by molar-refractivity contribution is -0.139. The fourth-order valence-electron chi connectivity index (χ4n) is 6.73. The molecule has 1 amide bonds. The Labute approximate surface area is 196 Å². The molecule has 2 saturated heterocycles. The van der Waals surface area contributed by atoms with Crippen LogP contribution in [-0.2, 0) is 20.5 Å². The maximum absolute atomic E-state index is 14.1. The van der Waals surface area contributed by atoms with Gasteiger partial charge in [0, 0.05) is 40.4 Å². The van der Waals surface area contributed by atoms with Crippen molar-refractivity contribution in [3.63, 3.8) is 0 Å². The molecule has 0 aromatic heterocycles. The maximum Gasteiger partial charge on any atom is 0.324 e. The highest BCUT2D eigenvalue weighted by molar-refractivity contribution is 7.99. The first-order chi connectivity index (χ1) is 16.1. The Hall–Kier alpha value is -3.09. The predicted molar refractivity (Wildman–Crippen MR) is 127 cm³/mol. The van der Waals surface area contributed by atoms with Gasteiger partial charge in [-0.05, 0) is 24.6 Å². The standard InChI is InChI=1S/C27H22N2O3S/c1-16-10-12-17(13-11-16)23-26(19-7-3-5-9-21(19)32-25(26)31)22-14-33-15-29(22)27(23)18-6-2-4-8-20(18)28-24(27)30/h2-13,22-23H,14-15H2,1H3,(H,28,30)/t22-,23-,26+,27+/m0/s1. The second-order valence-corrected chi connectivity index (χ2v) is 10.3. The van der Waals surface area contributed by atoms with Gasteiger partial charge < -0.3 is 10.1 Å². The van der Waals surface area contributed by atoms with E-state index in [1.54, 1.807) is 11.8 Å². The summed E-state index contributed by atoms with van der Waals surface area (Å²) >= 11 is 1.78. The number of anilines is 1. The van der Waals surface area contributed by atoms with Crippen molar-refractivity contribution < 1.29 is 14.3 Å². The number of aryl methyl sites for hydroxylation is 1. The van der Waals surface area contributed by atoms with E-state index in [0.29, 0.717) is 11.6 Å². The van der Waals surface area contributed by atoms with Gasteiger partial charge in [-0.25, -0.2) is 0 Å². The smallest absolute Gasteiger partial charge is 0.324 e. The van der Waals surface area contributed by atoms with E-state index in [9.17, 15) is 9.59 Å². The van der Waals surface area contributed by atoms with E-state index in [4.69, 9.17) is 4.74 Å². The van der Waals surface area contributed by atoms with Crippen molar-refractivity contribution in [3.8, 4) is 5.75 Å². The number of hydrogen-bond acceptors (Lipinski definition) is 5. The molecular formula is C27H22N2O3S. The Kier molecular flexibility index (Phi) is 3.81. The Morgan fingerprint density at radius 3 is 2.52 bits per heavy atom. The maximum atomic E-state index is 14.1. The minimum Gasteiger partial charge on any atom is -0.425 e. The quantitative estimate of drug-likeness (QED) is 0.442. The summed E-state index contributed by atoms with van der Waals surface area (Å²) in [5.41, 5.74) is 2.84. The lowest BCUT2D eigenvalue weighted by atomic mass is 9.60. The summed E-state index contributed by atoms with van der Waals surface area (Å²) in [6.07, 6.45) is 0. The van der Waals surface area contributed by atoms with Gasteiger partial charge in [0.25, 0.3) is 0 Å². The topological polar surface area (TPSA) is 58.6 Å². The van der Waals surface area contributed by atoms with Crippen molar-refractivity contribution in [1.82, 2.24) is 4.90 Å². The zero-order chi connectivity index (χ0) is 22.4. The molecule has 6 heteroatoms. The molecule has 1 N–H and O–H groups in total. The number of para-hydroxylation sites is 2. The molecular weight excluding hydrogens is 432 g/mol. The lowest BCUT2D eigenvalue weighted by Crippen LogP contribution is -2.50. The predicted octanol–water partition coefficient (Wildman–Crippen LogP) is 4.17. The third-order valence-electron chi connectivity index (χ3n) is 7.95. The number of rotatable bonds is 1. The van der Waals surface area contributed by atoms with Crippen LogP contribution in [0.25, 0.3) is 0 Å². The summed E-state index contributed by atoms with van der Waals surface area (Å²) in [5, 5.41) is 3.16. The molecule has 164 valence electrons. The first-order valence-corrected chi connectivity index (χ1v) is 12.4. The molecule has 3 aromatic rings. The van der Waals surface area contributed by atoms with Gasteiger partial charge in [-0.2, -0.15) is 0 Å². The molecule has 2 spiro atoms. The number of nitrogens with zero attached hydrogens (tertiary/aromatic N) is 1. The summed E-state index contributed by atoms with van der Waals surface area (Å²) in [4.78, 5) is 30.4. The number of esters is 1. The van der Waals surface area contributed by atoms with E-state index in [2.05, 4.69) is 41.4 Å². The van der Waals surface area contributed by atoms with E-state index >= 15 is 0 Å². The van der Waals surface area contributed by atoms with Crippen LogP contribution >= 0.6 is 11.8 Å². The van der Waals surface area contributed by atoms with Crippen molar-refractivity contribution in [2.45, 2.75) is 29.8 Å². The highest BCUT2D eigenvalue weighted by Crippen LogP contribution is 2.69. The van der Waals surface area contributed by atoms with Crippen molar-refractivity contribution in [3.05, 3.63) is 95.1 Å².